The molecule has 1 N–H and O–H groups in total. The first-order chi connectivity index (χ1) is 14.0. The fraction of sp³-hybridized carbons (Fsp3) is 0.0435. The Balaban J connectivity index is 1.74. The van der Waals surface area contributed by atoms with Crippen LogP contribution < -0.4 is 5.32 Å². The van der Waals surface area contributed by atoms with Gasteiger partial charge < -0.3 is 5.32 Å². The molecule has 29 heavy (non-hydrogen) atoms. The van der Waals surface area contributed by atoms with Gasteiger partial charge in [0.15, 0.2) is 0 Å². The van der Waals surface area contributed by atoms with E-state index in [1.54, 1.807) is 10.7 Å². The number of aryl methyl sites for hydroxylation is 1. The lowest BCUT2D eigenvalue weighted by molar-refractivity contribution is 0.102. The van der Waals surface area contributed by atoms with Crippen LogP contribution in [0.4, 0.5) is 10.2 Å². The SMILES string of the molecule is Cc1ccc(-c2cc(NC(=O)c3ccc(F)cc3Cl)n(-c3ccccc3)n2)cc1. The maximum Gasteiger partial charge on any atom is 0.258 e. The van der Waals surface area contributed by atoms with E-state index in [0.29, 0.717) is 11.5 Å². The highest BCUT2D eigenvalue weighted by molar-refractivity contribution is 6.34. The van der Waals surface area contributed by atoms with Crippen molar-refractivity contribution in [1.29, 1.82) is 0 Å². The molecule has 6 heteroatoms. The number of hydrogen-bond donors (Lipinski definition) is 1. The number of amides is 1. The van der Waals surface area contributed by atoms with Gasteiger partial charge in [0.2, 0.25) is 0 Å². The Bertz CT molecular complexity index is 1170. The number of anilines is 1. The zero-order valence-corrected chi connectivity index (χ0v) is 16.3. The maximum atomic E-state index is 13.3. The van der Waals surface area contributed by atoms with Crippen LogP contribution in [-0.2, 0) is 0 Å². The molecule has 0 unspecified atom stereocenters. The van der Waals surface area contributed by atoms with Crippen molar-refractivity contribution < 1.29 is 9.18 Å². The number of halogens is 2. The number of nitrogens with one attached hydrogen (secondary N) is 1. The van der Waals surface area contributed by atoms with E-state index in [9.17, 15) is 9.18 Å². The van der Waals surface area contributed by atoms with Crippen LogP contribution >= 0.6 is 11.6 Å². The van der Waals surface area contributed by atoms with Gasteiger partial charge in [0.25, 0.3) is 5.91 Å². The number of hydrogen-bond acceptors (Lipinski definition) is 2. The van der Waals surface area contributed by atoms with E-state index >= 15 is 0 Å². The first-order valence-corrected chi connectivity index (χ1v) is 9.38. The summed E-state index contributed by atoms with van der Waals surface area (Å²) in [5.41, 5.74) is 3.78. The lowest BCUT2D eigenvalue weighted by atomic mass is 10.1. The standard InChI is InChI=1S/C23H17ClFN3O/c1-15-7-9-16(10-8-15)21-14-22(28(27-21)18-5-3-2-4-6-18)26-23(29)19-12-11-17(25)13-20(19)24/h2-14H,1H3,(H,26,29). The molecular formula is C23H17ClFN3O. The Labute approximate surface area is 172 Å². The number of carbonyl (C=O) groups excluding carboxylic acids is 1. The number of nitrogens with zero attached hydrogens (tertiary/aromatic N) is 2. The average molecular weight is 406 g/mol. The Hall–Kier alpha value is -3.44. The summed E-state index contributed by atoms with van der Waals surface area (Å²) in [6.07, 6.45) is 0. The van der Waals surface area contributed by atoms with Gasteiger partial charge in [-0.3, -0.25) is 4.79 Å². The Morgan fingerprint density at radius 2 is 1.72 bits per heavy atom. The summed E-state index contributed by atoms with van der Waals surface area (Å²) in [7, 11) is 0. The molecule has 0 fully saturated rings. The molecule has 0 aliphatic carbocycles. The van der Waals surface area contributed by atoms with Gasteiger partial charge in [-0.15, -0.1) is 0 Å². The largest absolute Gasteiger partial charge is 0.306 e. The van der Waals surface area contributed by atoms with Crippen LogP contribution in [-0.4, -0.2) is 15.7 Å². The summed E-state index contributed by atoms with van der Waals surface area (Å²) >= 11 is 6.04. The third kappa shape index (κ3) is 4.05. The predicted octanol–water partition coefficient (Wildman–Crippen LogP) is 5.89. The van der Waals surface area contributed by atoms with Crippen LogP contribution in [0.25, 0.3) is 16.9 Å². The Morgan fingerprint density at radius 1 is 1.00 bits per heavy atom. The van der Waals surface area contributed by atoms with Gasteiger partial charge in [0.1, 0.15) is 11.6 Å². The quantitative estimate of drug-likeness (QED) is 0.460. The number of rotatable bonds is 4. The minimum atomic E-state index is -0.498. The van der Waals surface area contributed by atoms with E-state index in [2.05, 4.69) is 10.4 Å². The highest BCUT2D eigenvalue weighted by atomic mass is 35.5. The molecule has 0 spiro atoms. The maximum absolute atomic E-state index is 13.3. The predicted molar refractivity (Wildman–Crippen MR) is 113 cm³/mol. The minimum absolute atomic E-state index is 0.0482. The van der Waals surface area contributed by atoms with E-state index in [0.717, 1.165) is 22.9 Å². The second-order valence-electron chi connectivity index (χ2n) is 6.61. The molecule has 1 aromatic heterocycles. The average Bonchev–Trinajstić information content (AvgIpc) is 3.12. The molecule has 4 nitrogen and oxygen atoms in total. The van der Waals surface area contributed by atoms with E-state index in [4.69, 9.17) is 11.6 Å². The fourth-order valence-corrected chi connectivity index (χ4v) is 3.21. The first kappa shape index (κ1) is 18.9. The van der Waals surface area contributed by atoms with Crippen molar-refractivity contribution in [2.24, 2.45) is 0 Å². The molecule has 0 radical (unpaired) electrons. The third-order valence-corrected chi connectivity index (χ3v) is 4.79. The van der Waals surface area contributed by atoms with Crippen molar-refractivity contribution >= 4 is 23.3 Å². The summed E-state index contributed by atoms with van der Waals surface area (Å²) in [6.45, 7) is 2.02. The van der Waals surface area contributed by atoms with E-state index in [-0.39, 0.29) is 10.6 Å². The number of aromatic nitrogens is 2. The summed E-state index contributed by atoms with van der Waals surface area (Å²) in [5, 5.41) is 7.56. The zero-order valence-electron chi connectivity index (χ0n) is 15.6. The summed E-state index contributed by atoms with van der Waals surface area (Å²) < 4.78 is 15.0. The Morgan fingerprint density at radius 3 is 2.41 bits per heavy atom. The molecule has 0 aliphatic heterocycles. The molecule has 0 bridgehead atoms. The molecule has 0 atom stereocenters. The second-order valence-corrected chi connectivity index (χ2v) is 7.01. The van der Waals surface area contributed by atoms with Gasteiger partial charge in [-0.2, -0.15) is 5.10 Å². The topological polar surface area (TPSA) is 46.9 Å². The molecule has 1 heterocycles. The third-order valence-electron chi connectivity index (χ3n) is 4.47. The molecule has 0 aliphatic rings. The normalized spacial score (nSPS) is 10.7. The highest BCUT2D eigenvalue weighted by Crippen LogP contribution is 2.26. The van der Waals surface area contributed by atoms with Gasteiger partial charge in [-0.1, -0.05) is 59.6 Å². The molecule has 3 aromatic carbocycles. The molecular weight excluding hydrogens is 389 g/mol. The van der Waals surface area contributed by atoms with Crippen LogP contribution in [0.2, 0.25) is 5.02 Å². The van der Waals surface area contributed by atoms with Crippen molar-refractivity contribution in [1.82, 2.24) is 9.78 Å². The second kappa shape index (κ2) is 7.89. The zero-order chi connectivity index (χ0) is 20.4. The highest BCUT2D eigenvalue weighted by Gasteiger charge is 2.17. The van der Waals surface area contributed by atoms with Crippen LogP contribution in [0.15, 0.2) is 78.9 Å². The van der Waals surface area contributed by atoms with Gasteiger partial charge >= 0.3 is 0 Å². The molecule has 0 saturated carbocycles. The van der Waals surface area contributed by atoms with Crippen LogP contribution in [0, 0.1) is 12.7 Å². The van der Waals surface area contributed by atoms with Crippen molar-refractivity contribution in [2.45, 2.75) is 6.92 Å². The lowest BCUT2D eigenvalue weighted by Crippen LogP contribution is -2.15. The molecule has 4 aromatic rings. The molecule has 0 saturated heterocycles. The number of carbonyl (C=O) groups is 1. The minimum Gasteiger partial charge on any atom is -0.306 e. The molecule has 144 valence electrons. The summed E-state index contributed by atoms with van der Waals surface area (Å²) in [4.78, 5) is 12.8. The van der Waals surface area contributed by atoms with Gasteiger partial charge in [-0.25, -0.2) is 9.07 Å². The van der Waals surface area contributed by atoms with E-state index in [1.807, 2.05) is 61.5 Å². The van der Waals surface area contributed by atoms with Gasteiger partial charge in [0.05, 0.1) is 22.0 Å². The van der Waals surface area contributed by atoms with Crippen molar-refractivity contribution in [3.8, 4) is 16.9 Å². The number of para-hydroxylation sites is 1. The lowest BCUT2D eigenvalue weighted by Gasteiger charge is -2.09. The van der Waals surface area contributed by atoms with Crippen LogP contribution in [0.1, 0.15) is 15.9 Å². The fourth-order valence-electron chi connectivity index (χ4n) is 2.96. The van der Waals surface area contributed by atoms with Gasteiger partial charge in [0, 0.05) is 11.6 Å². The van der Waals surface area contributed by atoms with Crippen molar-refractivity contribution in [3.05, 3.63) is 101 Å². The first-order valence-electron chi connectivity index (χ1n) is 9.00. The Kier molecular flexibility index (Phi) is 5.14. The number of benzene rings is 3. The van der Waals surface area contributed by atoms with E-state index < -0.39 is 11.7 Å². The summed E-state index contributed by atoms with van der Waals surface area (Å²) in [6, 6.07) is 22.9. The monoisotopic (exact) mass is 405 g/mol. The summed E-state index contributed by atoms with van der Waals surface area (Å²) in [5.74, 6) is -0.456. The van der Waals surface area contributed by atoms with Crippen LogP contribution in [0.3, 0.4) is 0 Å². The van der Waals surface area contributed by atoms with E-state index in [1.165, 1.54) is 12.1 Å². The molecule has 4 rings (SSSR count). The smallest absolute Gasteiger partial charge is 0.258 e. The van der Waals surface area contributed by atoms with Crippen molar-refractivity contribution in [2.75, 3.05) is 5.32 Å². The van der Waals surface area contributed by atoms with Crippen LogP contribution in [0.5, 0.6) is 0 Å². The van der Waals surface area contributed by atoms with Crippen molar-refractivity contribution in [3.63, 3.8) is 0 Å². The molecule has 1 amide bonds. The van der Waals surface area contributed by atoms with Gasteiger partial charge in [-0.05, 0) is 37.3 Å².